The summed E-state index contributed by atoms with van der Waals surface area (Å²) in [5, 5.41) is 0. The van der Waals surface area contributed by atoms with Crippen LogP contribution in [0.2, 0.25) is 0 Å². The number of ether oxygens (including phenoxy) is 2. The van der Waals surface area contributed by atoms with E-state index >= 15 is 0 Å². The zero-order valence-electron chi connectivity index (χ0n) is 16.3. The molecule has 6 fully saturated rings. The van der Waals surface area contributed by atoms with Crippen LogP contribution in [-0.4, -0.2) is 29.1 Å². The van der Waals surface area contributed by atoms with Gasteiger partial charge in [0.15, 0.2) is 0 Å². The molecule has 4 saturated carbocycles. The number of Topliss-reactive ketones (excluding diaryl/α,β-unsaturated/α-hetero) is 1. The van der Waals surface area contributed by atoms with Gasteiger partial charge in [-0.1, -0.05) is 25.0 Å². The van der Waals surface area contributed by atoms with Gasteiger partial charge in [-0.25, -0.2) is 0 Å². The van der Waals surface area contributed by atoms with Crippen LogP contribution in [0.1, 0.15) is 71.6 Å². The molecule has 5 aliphatic carbocycles. The number of epoxide rings is 1. The van der Waals surface area contributed by atoms with Gasteiger partial charge in [-0.15, -0.1) is 0 Å². The molecule has 7 aliphatic rings. The third-order valence-electron chi connectivity index (χ3n) is 10.4. The summed E-state index contributed by atoms with van der Waals surface area (Å²) in [5.41, 5.74) is 2.90. The zero-order valence-corrected chi connectivity index (χ0v) is 16.3. The Morgan fingerprint density at radius 1 is 1.07 bits per heavy atom. The zero-order chi connectivity index (χ0) is 18.4. The smallest absolute Gasteiger partial charge is 0.306 e. The largest absolute Gasteiger partial charge is 0.458 e. The summed E-state index contributed by atoms with van der Waals surface area (Å²) >= 11 is 0. The van der Waals surface area contributed by atoms with E-state index in [-0.39, 0.29) is 34.1 Å². The van der Waals surface area contributed by atoms with Crippen molar-refractivity contribution in [2.45, 2.75) is 88.9 Å². The van der Waals surface area contributed by atoms with Crippen LogP contribution in [0.5, 0.6) is 0 Å². The Morgan fingerprint density at radius 2 is 1.93 bits per heavy atom. The van der Waals surface area contributed by atoms with Crippen molar-refractivity contribution in [2.75, 3.05) is 0 Å². The number of carbonyl (C=O) groups is 2. The first-order chi connectivity index (χ1) is 12.8. The van der Waals surface area contributed by atoms with Gasteiger partial charge in [0.1, 0.15) is 17.0 Å². The maximum absolute atomic E-state index is 12.2. The van der Waals surface area contributed by atoms with E-state index < -0.39 is 0 Å². The van der Waals surface area contributed by atoms with Gasteiger partial charge < -0.3 is 9.47 Å². The van der Waals surface area contributed by atoms with Gasteiger partial charge >= 0.3 is 5.97 Å². The standard InChI is InChI=1S/C23H28O4/c1-20-6-3-12(24)9-16(20)13-10-14(13)19-15-4-7-22(8-5-18(25)27-22)21(15,2)11-17-23(19,20)26-17/h14-15,17,19H,3-11H2,1-2H3/t14-,15+,17-,19+,20+,21+,22-,23-/m1/s1. The van der Waals surface area contributed by atoms with E-state index in [4.69, 9.17) is 9.47 Å². The first-order valence-electron chi connectivity index (χ1n) is 11.0. The normalized spacial score (nSPS) is 59.6. The third kappa shape index (κ3) is 1.47. The predicted octanol–water partition coefficient (Wildman–Crippen LogP) is 3.73. The molecule has 0 aromatic heterocycles. The van der Waals surface area contributed by atoms with Crippen LogP contribution < -0.4 is 0 Å². The summed E-state index contributed by atoms with van der Waals surface area (Å²) in [5.74, 6) is 2.20. The molecule has 0 radical (unpaired) electrons. The number of rotatable bonds is 0. The number of hydrogen-bond donors (Lipinski definition) is 0. The number of allylic oxidation sites excluding steroid dienone is 1. The van der Waals surface area contributed by atoms with Crippen molar-refractivity contribution >= 4 is 11.8 Å². The Bertz CT molecular complexity index is 858. The van der Waals surface area contributed by atoms with Gasteiger partial charge in [0.05, 0.1) is 6.10 Å². The molecular formula is C23H28O4. The molecule has 2 heterocycles. The highest BCUT2D eigenvalue weighted by Crippen LogP contribution is 2.81. The van der Waals surface area contributed by atoms with Crippen molar-refractivity contribution in [1.82, 2.24) is 0 Å². The monoisotopic (exact) mass is 368 g/mol. The van der Waals surface area contributed by atoms with Crippen LogP contribution >= 0.6 is 0 Å². The first-order valence-corrected chi connectivity index (χ1v) is 11.0. The number of fused-ring (bicyclic) bond motifs is 6. The summed E-state index contributed by atoms with van der Waals surface area (Å²) in [6, 6.07) is 0. The van der Waals surface area contributed by atoms with Crippen LogP contribution in [0.25, 0.3) is 0 Å². The second kappa shape index (κ2) is 4.22. The molecule has 2 saturated heterocycles. The average Bonchev–Trinajstić information content (AvgIpc) is 3.49. The van der Waals surface area contributed by atoms with Gasteiger partial charge in [0.25, 0.3) is 0 Å². The lowest BCUT2D eigenvalue weighted by atomic mass is 9.46. The molecule has 144 valence electrons. The maximum Gasteiger partial charge on any atom is 0.306 e. The third-order valence-corrected chi connectivity index (χ3v) is 10.4. The van der Waals surface area contributed by atoms with E-state index in [1.165, 1.54) is 18.4 Å². The Morgan fingerprint density at radius 3 is 2.70 bits per heavy atom. The Balaban J connectivity index is 1.36. The molecule has 0 N–H and O–H groups in total. The highest BCUT2D eigenvalue weighted by molar-refractivity contribution is 5.84. The summed E-state index contributed by atoms with van der Waals surface area (Å²) in [4.78, 5) is 24.3. The fourth-order valence-electron chi connectivity index (χ4n) is 9.04. The molecule has 0 unspecified atom stereocenters. The fraction of sp³-hybridized carbons (Fsp3) is 0.826. The molecule has 0 aromatic rings. The first kappa shape index (κ1) is 15.7. The summed E-state index contributed by atoms with van der Waals surface area (Å²) in [6.45, 7) is 4.81. The van der Waals surface area contributed by atoms with Crippen LogP contribution in [0.3, 0.4) is 0 Å². The molecule has 4 nitrogen and oxygen atoms in total. The van der Waals surface area contributed by atoms with E-state index in [0.29, 0.717) is 42.8 Å². The topological polar surface area (TPSA) is 55.9 Å². The lowest BCUT2D eigenvalue weighted by Crippen LogP contribution is -2.60. The molecule has 8 atom stereocenters. The van der Waals surface area contributed by atoms with Gasteiger partial charge in [-0.3, -0.25) is 9.59 Å². The second-order valence-electron chi connectivity index (χ2n) is 11.0. The van der Waals surface area contributed by atoms with Crippen molar-refractivity contribution in [1.29, 1.82) is 0 Å². The highest BCUT2D eigenvalue weighted by atomic mass is 16.6. The lowest BCUT2D eigenvalue weighted by Gasteiger charge is -2.56. The van der Waals surface area contributed by atoms with Crippen molar-refractivity contribution in [2.24, 2.45) is 28.6 Å². The van der Waals surface area contributed by atoms with Crippen molar-refractivity contribution in [3.63, 3.8) is 0 Å². The quantitative estimate of drug-likeness (QED) is 0.371. The Labute approximate surface area is 160 Å². The SMILES string of the molecule is C[C@]12CCC(=O)CC1=C1C[C@H]1[C@H]1[C@@H]3CC[C@@]4(CCC(=O)O4)[C@@]3(C)C[C@H]3O[C@@]132. The minimum atomic E-state index is -0.241. The van der Waals surface area contributed by atoms with E-state index in [1.807, 2.05) is 0 Å². The van der Waals surface area contributed by atoms with E-state index in [1.54, 1.807) is 5.57 Å². The van der Waals surface area contributed by atoms with Crippen molar-refractivity contribution in [3.8, 4) is 0 Å². The molecule has 2 aliphatic heterocycles. The average molecular weight is 368 g/mol. The minimum Gasteiger partial charge on any atom is -0.458 e. The maximum atomic E-state index is 12.2. The number of hydrogen-bond acceptors (Lipinski definition) is 4. The number of ketones is 1. The fourth-order valence-corrected chi connectivity index (χ4v) is 9.04. The van der Waals surface area contributed by atoms with Gasteiger partial charge in [0.2, 0.25) is 0 Å². The molecule has 2 spiro atoms. The van der Waals surface area contributed by atoms with Gasteiger partial charge in [-0.2, -0.15) is 0 Å². The van der Waals surface area contributed by atoms with Gasteiger partial charge in [0, 0.05) is 36.0 Å². The summed E-state index contributed by atoms with van der Waals surface area (Å²) < 4.78 is 12.8. The van der Waals surface area contributed by atoms with Gasteiger partial charge in [-0.05, 0) is 50.4 Å². The molecule has 0 aromatic carbocycles. The minimum absolute atomic E-state index is 0.00104. The van der Waals surface area contributed by atoms with E-state index in [0.717, 1.165) is 25.7 Å². The highest BCUT2D eigenvalue weighted by Gasteiger charge is 2.84. The summed E-state index contributed by atoms with van der Waals surface area (Å²) in [6.07, 6.45) is 8.54. The number of carbonyl (C=O) groups excluding carboxylic acids is 2. The molecule has 0 bridgehead atoms. The van der Waals surface area contributed by atoms with Crippen LogP contribution in [-0.2, 0) is 19.1 Å². The van der Waals surface area contributed by atoms with E-state index in [9.17, 15) is 9.59 Å². The van der Waals surface area contributed by atoms with Crippen LogP contribution in [0, 0.1) is 28.6 Å². The molecule has 7 rings (SSSR count). The number of esters is 1. The Hall–Kier alpha value is -1.16. The van der Waals surface area contributed by atoms with Crippen LogP contribution in [0.15, 0.2) is 11.1 Å². The van der Waals surface area contributed by atoms with E-state index in [2.05, 4.69) is 13.8 Å². The van der Waals surface area contributed by atoms with Crippen molar-refractivity contribution < 1.29 is 19.1 Å². The van der Waals surface area contributed by atoms with Crippen molar-refractivity contribution in [3.05, 3.63) is 11.1 Å². The molecule has 4 heteroatoms. The Kier molecular flexibility index (Phi) is 2.46. The molecule has 27 heavy (non-hydrogen) atoms. The predicted molar refractivity (Wildman–Crippen MR) is 96.7 cm³/mol. The van der Waals surface area contributed by atoms with Crippen LogP contribution in [0.4, 0.5) is 0 Å². The molecule has 0 amide bonds. The second-order valence-corrected chi connectivity index (χ2v) is 11.0. The summed E-state index contributed by atoms with van der Waals surface area (Å²) in [7, 11) is 0. The molecular weight excluding hydrogens is 340 g/mol. The lowest BCUT2D eigenvalue weighted by molar-refractivity contribution is -0.164.